The molecule has 6 nitrogen and oxygen atoms in total. The number of aldehydes is 1. The summed E-state index contributed by atoms with van der Waals surface area (Å²) in [7, 11) is 2.58. The van der Waals surface area contributed by atoms with Gasteiger partial charge in [0.15, 0.2) is 0 Å². The van der Waals surface area contributed by atoms with E-state index in [-0.39, 0.29) is 13.0 Å². The van der Waals surface area contributed by atoms with Crippen molar-refractivity contribution in [1.82, 2.24) is 0 Å². The van der Waals surface area contributed by atoms with Crippen molar-refractivity contribution >= 4 is 12.4 Å². The molecule has 0 aromatic heterocycles. The number of carbonyl (C=O) groups excluding carboxylic acids is 2. The van der Waals surface area contributed by atoms with Crippen molar-refractivity contribution in [3.63, 3.8) is 0 Å². The van der Waals surface area contributed by atoms with Gasteiger partial charge < -0.3 is 24.1 Å². The van der Waals surface area contributed by atoms with Gasteiger partial charge in [0.05, 0.1) is 13.2 Å². The summed E-state index contributed by atoms with van der Waals surface area (Å²) in [6.45, 7) is -0.0614. The minimum Gasteiger partial charge on any atom is -0.438 e. The second-order valence-electron chi connectivity index (χ2n) is 2.56. The van der Waals surface area contributed by atoms with E-state index in [0.29, 0.717) is 6.29 Å². The monoisotopic (exact) mass is 206 g/mol. The van der Waals surface area contributed by atoms with Gasteiger partial charge >= 0.3 is 6.16 Å². The highest BCUT2D eigenvalue weighted by molar-refractivity contribution is 5.59. The average molecular weight is 206 g/mol. The fraction of sp³-hybridized carbons (Fsp3) is 0.750. The molecule has 2 unspecified atom stereocenters. The van der Waals surface area contributed by atoms with Crippen molar-refractivity contribution in [1.29, 1.82) is 0 Å². The Kier molecular flexibility index (Phi) is 6.69. The Bertz CT molecular complexity index is 181. The third-order valence-corrected chi connectivity index (χ3v) is 1.55. The summed E-state index contributed by atoms with van der Waals surface area (Å²) in [4.78, 5) is 20.7. The first-order chi connectivity index (χ1) is 6.63. The van der Waals surface area contributed by atoms with Crippen molar-refractivity contribution in [3.8, 4) is 0 Å². The molecule has 0 aliphatic rings. The van der Waals surface area contributed by atoms with Crippen LogP contribution in [0.25, 0.3) is 0 Å². The fourth-order valence-electron chi connectivity index (χ4n) is 0.777. The summed E-state index contributed by atoms with van der Waals surface area (Å²) < 4.78 is 13.7. The number of rotatable bonds is 6. The number of aliphatic hydroxyl groups excluding tert-OH is 1. The van der Waals surface area contributed by atoms with Crippen molar-refractivity contribution in [2.75, 3.05) is 20.8 Å². The van der Waals surface area contributed by atoms with E-state index >= 15 is 0 Å². The first-order valence-electron chi connectivity index (χ1n) is 4.01. The molecular weight excluding hydrogens is 192 g/mol. The highest BCUT2D eigenvalue weighted by Crippen LogP contribution is 2.02. The summed E-state index contributed by atoms with van der Waals surface area (Å²) >= 11 is 0. The van der Waals surface area contributed by atoms with Gasteiger partial charge in [-0.25, -0.2) is 4.79 Å². The van der Waals surface area contributed by atoms with E-state index in [1.807, 2.05) is 0 Å². The van der Waals surface area contributed by atoms with E-state index < -0.39 is 18.4 Å². The highest BCUT2D eigenvalue weighted by Gasteiger charge is 2.15. The molecule has 0 amide bonds. The van der Waals surface area contributed by atoms with Gasteiger partial charge in [-0.3, -0.25) is 0 Å². The third-order valence-electron chi connectivity index (χ3n) is 1.55. The van der Waals surface area contributed by atoms with Crippen LogP contribution in [0, 0.1) is 0 Å². The predicted octanol–water partition coefficient (Wildman–Crippen LogP) is -0.266. The molecule has 0 aliphatic carbocycles. The van der Waals surface area contributed by atoms with Crippen molar-refractivity contribution in [2.45, 2.75) is 18.6 Å². The average Bonchev–Trinajstić information content (AvgIpc) is 2.22. The summed E-state index contributed by atoms with van der Waals surface area (Å²) in [5.41, 5.74) is 0. The molecule has 0 bridgehead atoms. The minimum absolute atomic E-state index is 0.0614. The Morgan fingerprint density at radius 3 is 2.57 bits per heavy atom. The zero-order valence-electron chi connectivity index (χ0n) is 8.13. The van der Waals surface area contributed by atoms with E-state index in [4.69, 9.17) is 9.84 Å². The molecule has 2 atom stereocenters. The van der Waals surface area contributed by atoms with Gasteiger partial charge in [-0.1, -0.05) is 0 Å². The van der Waals surface area contributed by atoms with Crippen LogP contribution >= 0.6 is 0 Å². The van der Waals surface area contributed by atoms with Crippen molar-refractivity contribution < 1.29 is 28.9 Å². The smallest absolute Gasteiger partial charge is 0.438 e. The second-order valence-corrected chi connectivity index (χ2v) is 2.56. The molecule has 0 heterocycles. The Morgan fingerprint density at radius 2 is 2.14 bits per heavy atom. The molecule has 0 saturated carbocycles. The topological polar surface area (TPSA) is 82.1 Å². The maximum Gasteiger partial charge on any atom is 0.508 e. The molecule has 0 fully saturated rings. The van der Waals surface area contributed by atoms with Gasteiger partial charge in [0, 0.05) is 13.5 Å². The fourth-order valence-corrected chi connectivity index (χ4v) is 0.777. The largest absolute Gasteiger partial charge is 0.508 e. The van der Waals surface area contributed by atoms with E-state index in [2.05, 4.69) is 9.47 Å². The first kappa shape index (κ1) is 12.9. The SMILES string of the molecule is COC(=O)OCC(CC(O)C=O)OC. The number of hydrogen-bond donors (Lipinski definition) is 1. The van der Waals surface area contributed by atoms with Crippen LogP contribution in [0.15, 0.2) is 0 Å². The quantitative estimate of drug-likeness (QED) is 0.476. The van der Waals surface area contributed by atoms with Crippen LogP contribution in [0.1, 0.15) is 6.42 Å². The maximum atomic E-state index is 10.6. The molecule has 0 aromatic rings. The van der Waals surface area contributed by atoms with Gasteiger partial charge in [0.25, 0.3) is 0 Å². The van der Waals surface area contributed by atoms with Crippen molar-refractivity contribution in [3.05, 3.63) is 0 Å². The van der Waals surface area contributed by atoms with Gasteiger partial charge in [-0.05, 0) is 0 Å². The Balaban J connectivity index is 3.78. The highest BCUT2D eigenvalue weighted by atomic mass is 16.7. The Hall–Kier alpha value is -1.14. The molecule has 0 radical (unpaired) electrons. The maximum absolute atomic E-state index is 10.6. The van der Waals surface area contributed by atoms with Crippen LogP contribution in [-0.2, 0) is 19.0 Å². The summed E-state index contributed by atoms with van der Waals surface area (Å²) in [5.74, 6) is 0. The van der Waals surface area contributed by atoms with Gasteiger partial charge in [0.1, 0.15) is 19.0 Å². The van der Waals surface area contributed by atoms with Crippen molar-refractivity contribution in [2.24, 2.45) is 0 Å². The van der Waals surface area contributed by atoms with Crippen LogP contribution in [0.4, 0.5) is 4.79 Å². The lowest BCUT2D eigenvalue weighted by Gasteiger charge is -2.15. The van der Waals surface area contributed by atoms with Gasteiger partial charge in [-0.15, -0.1) is 0 Å². The molecule has 6 heteroatoms. The molecule has 82 valence electrons. The van der Waals surface area contributed by atoms with Gasteiger partial charge in [-0.2, -0.15) is 0 Å². The number of ether oxygens (including phenoxy) is 3. The molecule has 0 saturated heterocycles. The molecule has 0 rings (SSSR count). The Morgan fingerprint density at radius 1 is 1.50 bits per heavy atom. The Labute approximate surface area is 81.8 Å². The number of hydrogen-bond acceptors (Lipinski definition) is 6. The zero-order valence-corrected chi connectivity index (χ0v) is 8.13. The standard InChI is InChI=1S/C8H14O6/c1-12-7(3-6(10)4-9)5-14-8(11)13-2/h4,6-7,10H,3,5H2,1-2H3. The summed E-state index contributed by atoms with van der Waals surface area (Å²) in [5, 5.41) is 8.96. The van der Waals surface area contributed by atoms with Crippen LogP contribution in [0.2, 0.25) is 0 Å². The molecule has 0 aliphatic heterocycles. The van der Waals surface area contributed by atoms with E-state index in [0.717, 1.165) is 0 Å². The van der Waals surface area contributed by atoms with E-state index in [1.54, 1.807) is 0 Å². The minimum atomic E-state index is -1.11. The number of carbonyl (C=O) groups is 2. The van der Waals surface area contributed by atoms with Crippen LogP contribution in [0.5, 0.6) is 0 Å². The number of methoxy groups -OCH3 is 2. The third kappa shape index (κ3) is 5.50. The molecule has 14 heavy (non-hydrogen) atoms. The van der Waals surface area contributed by atoms with Crippen LogP contribution < -0.4 is 0 Å². The van der Waals surface area contributed by atoms with E-state index in [1.165, 1.54) is 14.2 Å². The normalized spacial score (nSPS) is 14.2. The lowest BCUT2D eigenvalue weighted by Crippen LogP contribution is -2.26. The lowest BCUT2D eigenvalue weighted by atomic mass is 10.2. The molecule has 0 aromatic carbocycles. The van der Waals surface area contributed by atoms with Crippen LogP contribution in [0.3, 0.4) is 0 Å². The second kappa shape index (κ2) is 7.28. The summed E-state index contributed by atoms with van der Waals surface area (Å²) in [6.07, 6.45) is -1.98. The van der Waals surface area contributed by atoms with Gasteiger partial charge in [0.2, 0.25) is 0 Å². The first-order valence-corrected chi connectivity index (χ1v) is 4.01. The predicted molar refractivity (Wildman–Crippen MR) is 45.8 cm³/mol. The van der Waals surface area contributed by atoms with Crippen LogP contribution in [-0.4, -0.2) is 50.6 Å². The molecule has 0 spiro atoms. The lowest BCUT2D eigenvalue weighted by molar-refractivity contribution is -0.117. The molecular formula is C8H14O6. The molecule has 1 N–H and O–H groups in total. The number of aliphatic hydroxyl groups is 1. The zero-order chi connectivity index (χ0) is 11.0. The van der Waals surface area contributed by atoms with E-state index in [9.17, 15) is 9.59 Å². The summed E-state index contributed by atoms with van der Waals surface area (Å²) in [6, 6.07) is 0.